The molecule has 2 aromatic rings. The number of carboxylic acid groups (broad SMARTS) is 1. The summed E-state index contributed by atoms with van der Waals surface area (Å²) in [5, 5.41) is 29.2. The van der Waals surface area contributed by atoms with Gasteiger partial charge in [-0.1, -0.05) is 12.1 Å². The summed E-state index contributed by atoms with van der Waals surface area (Å²) < 4.78 is 0. The first-order valence-corrected chi connectivity index (χ1v) is 5.02. The van der Waals surface area contributed by atoms with E-state index >= 15 is 0 Å². The van der Waals surface area contributed by atoms with Gasteiger partial charge in [-0.2, -0.15) is 0 Å². The van der Waals surface area contributed by atoms with Crippen molar-refractivity contribution in [2.75, 3.05) is 0 Å². The summed E-state index contributed by atoms with van der Waals surface area (Å²) in [6, 6.07) is 6.67. The Morgan fingerprint density at radius 1 is 1.18 bits per heavy atom. The van der Waals surface area contributed by atoms with Crippen LogP contribution in [-0.2, 0) is 4.79 Å². The third kappa shape index (κ3) is 2.25. The molecule has 0 spiro atoms. The number of benzene rings is 1. The molecule has 0 aliphatic rings. The van der Waals surface area contributed by atoms with Gasteiger partial charge in [-0.05, 0) is 23.1 Å². The van der Waals surface area contributed by atoms with E-state index in [1.165, 1.54) is 0 Å². The average Bonchev–Trinajstić information content (AvgIpc) is 2.36. The highest BCUT2D eigenvalue weighted by atomic mass is 16.4. The van der Waals surface area contributed by atoms with Gasteiger partial charge >= 0.3 is 5.97 Å². The van der Waals surface area contributed by atoms with Gasteiger partial charge in [-0.25, -0.2) is 4.79 Å². The normalized spacial score (nSPS) is 14.5. The van der Waals surface area contributed by atoms with Gasteiger partial charge in [0.05, 0.1) is 0 Å². The average molecular weight is 233 g/mol. The molecule has 1 aromatic carbocycles. The van der Waals surface area contributed by atoms with Gasteiger partial charge in [-0.15, -0.1) is 0 Å². The van der Waals surface area contributed by atoms with Crippen molar-refractivity contribution in [3.63, 3.8) is 0 Å². The Balaban J connectivity index is 2.39. The maximum absolute atomic E-state index is 10.6. The van der Waals surface area contributed by atoms with E-state index in [0.29, 0.717) is 5.56 Å². The van der Waals surface area contributed by atoms with Crippen LogP contribution in [0.15, 0.2) is 36.7 Å². The minimum absolute atomic E-state index is 0.360. The molecule has 2 unspecified atom stereocenters. The number of fused-ring (bicyclic) bond motifs is 1. The number of aliphatic carboxylic acids is 1. The number of carbonyl (C=O) groups is 1. The number of pyridine rings is 1. The molecule has 0 bridgehead atoms. The van der Waals surface area contributed by atoms with Crippen LogP contribution < -0.4 is 0 Å². The minimum Gasteiger partial charge on any atom is -0.479 e. The van der Waals surface area contributed by atoms with Crippen molar-refractivity contribution in [3.8, 4) is 0 Å². The molecule has 3 N–H and O–H groups in total. The summed E-state index contributed by atoms with van der Waals surface area (Å²) in [4.78, 5) is 14.5. The third-order valence-corrected chi connectivity index (χ3v) is 2.56. The molecule has 0 fully saturated rings. The molecule has 0 aliphatic carbocycles. The number of aliphatic hydroxyl groups is 2. The van der Waals surface area contributed by atoms with Gasteiger partial charge < -0.3 is 15.3 Å². The van der Waals surface area contributed by atoms with Crippen molar-refractivity contribution >= 4 is 16.7 Å². The van der Waals surface area contributed by atoms with Crippen molar-refractivity contribution in [1.82, 2.24) is 4.98 Å². The standard InChI is InChI=1S/C12H11NO4/c14-10(11(15)12(16)17)8-1-2-9-6-13-4-3-7(9)5-8/h1-6,10-11,14-15H,(H,16,17). The lowest BCUT2D eigenvalue weighted by atomic mass is 10.0. The number of hydrogen-bond acceptors (Lipinski definition) is 4. The number of carboxylic acids is 1. The Labute approximate surface area is 97.0 Å². The highest BCUT2D eigenvalue weighted by Gasteiger charge is 2.25. The molecule has 0 radical (unpaired) electrons. The summed E-state index contributed by atoms with van der Waals surface area (Å²) in [5.74, 6) is -1.45. The third-order valence-electron chi connectivity index (χ3n) is 2.56. The summed E-state index contributed by atoms with van der Waals surface area (Å²) in [5.41, 5.74) is 0.360. The largest absolute Gasteiger partial charge is 0.479 e. The van der Waals surface area contributed by atoms with E-state index in [9.17, 15) is 15.0 Å². The van der Waals surface area contributed by atoms with Gasteiger partial charge in [0.2, 0.25) is 0 Å². The van der Waals surface area contributed by atoms with Gasteiger partial charge in [0.1, 0.15) is 6.10 Å². The first-order chi connectivity index (χ1) is 8.09. The zero-order chi connectivity index (χ0) is 12.4. The molecule has 2 rings (SSSR count). The summed E-state index contributed by atoms with van der Waals surface area (Å²) in [6.45, 7) is 0. The Kier molecular flexibility index (Phi) is 3.03. The summed E-state index contributed by atoms with van der Waals surface area (Å²) in [7, 11) is 0. The predicted molar refractivity (Wildman–Crippen MR) is 60.3 cm³/mol. The second-order valence-electron chi connectivity index (χ2n) is 3.71. The van der Waals surface area contributed by atoms with Crippen LogP contribution >= 0.6 is 0 Å². The molecule has 1 heterocycles. The Morgan fingerprint density at radius 3 is 2.65 bits per heavy atom. The van der Waals surface area contributed by atoms with Crippen molar-refractivity contribution in [3.05, 3.63) is 42.2 Å². The molecule has 17 heavy (non-hydrogen) atoms. The van der Waals surface area contributed by atoms with Crippen LogP contribution in [0.1, 0.15) is 11.7 Å². The van der Waals surface area contributed by atoms with Gasteiger partial charge in [0.15, 0.2) is 6.10 Å². The lowest BCUT2D eigenvalue weighted by Crippen LogP contribution is -2.27. The molecule has 0 aliphatic heterocycles. The van der Waals surface area contributed by atoms with Crippen LogP contribution in [0.3, 0.4) is 0 Å². The first-order valence-electron chi connectivity index (χ1n) is 5.02. The van der Waals surface area contributed by atoms with E-state index in [1.54, 1.807) is 36.7 Å². The molecule has 0 saturated carbocycles. The van der Waals surface area contributed by atoms with Crippen molar-refractivity contribution < 1.29 is 20.1 Å². The SMILES string of the molecule is O=C(O)C(O)C(O)c1ccc2cnccc2c1. The van der Waals surface area contributed by atoms with Crippen molar-refractivity contribution in [2.45, 2.75) is 12.2 Å². The Hall–Kier alpha value is -1.98. The molecule has 0 amide bonds. The Morgan fingerprint density at radius 2 is 1.94 bits per heavy atom. The molecule has 1 aromatic heterocycles. The van der Waals surface area contributed by atoms with E-state index in [1.807, 2.05) is 0 Å². The fraction of sp³-hybridized carbons (Fsp3) is 0.167. The van der Waals surface area contributed by atoms with Crippen LogP contribution in [0.4, 0.5) is 0 Å². The zero-order valence-electron chi connectivity index (χ0n) is 8.82. The predicted octanol–water partition coefficient (Wildman–Crippen LogP) is 0.714. The van der Waals surface area contributed by atoms with Crippen LogP contribution in [-0.4, -0.2) is 32.4 Å². The number of hydrogen-bond donors (Lipinski definition) is 3. The number of aromatic nitrogens is 1. The van der Waals surface area contributed by atoms with Crippen molar-refractivity contribution in [2.24, 2.45) is 0 Å². The van der Waals surface area contributed by atoms with Crippen LogP contribution in [0, 0.1) is 0 Å². The smallest absolute Gasteiger partial charge is 0.335 e. The first kappa shape index (κ1) is 11.5. The van der Waals surface area contributed by atoms with Gasteiger partial charge in [0, 0.05) is 17.8 Å². The molecule has 5 nitrogen and oxygen atoms in total. The van der Waals surface area contributed by atoms with E-state index in [-0.39, 0.29) is 0 Å². The molecule has 0 saturated heterocycles. The molecular formula is C12H11NO4. The maximum Gasteiger partial charge on any atom is 0.335 e. The topological polar surface area (TPSA) is 90.7 Å². The number of aliphatic hydroxyl groups excluding tert-OH is 2. The van der Waals surface area contributed by atoms with Crippen LogP contribution in [0.2, 0.25) is 0 Å². The number of rotatable bonds is 3. The quantitative estimate of drug-likeness (QED) is 0.726. The Bertz CT molecular complexity index is 555. The maximum atomic E-state index is 10.6. The van der Waals surface area contributed by atoms with E-state index < -0.39 is 18.2 Å². The fourth-order valence-corrected chi connectivity index (χ4v) is 1.60. The summed E-state index contributed by atoms with van der Waals surface area (Å²) in [6.07, 6.45) is 0.00460. The second-order valence-corrected chi connectivity index (χ2v) is 3.71. The zero-order valence-corrected chi connectivity index (χ0v) is 8.82. The fourth-order valence-electron chi connectivity index (χ4n) is 1.60. The van der Waals surface area contributed by atoms with Crippen molar-refractivity contribution in [1.29, 1.82) is 0 Å². The molecule has 88 valence electrons. The highest BCUT2D eigenvalue weighted by Crippen LogP contribution is 2.22. The molecule has 5 heteroatoms. The molecule has 2 atom stereocenters. The van der Waals surface area contributed by atoms with Gasteiger partial charge in [-0.3, -0.25) is 4.98 Å². The minimum atomic E-state index is -1.82. The lowest BCUT2D eigenvalue weighted by molar-refractivity contribution is -0.153. The second kappa shape index (κ2) is 4.48. The monoisotopic (exact) mass is 233 g/mol. The summed E-state index contributed by atoms with van der Waals surface area (Å²) >= 11 is 0. The van der Waals surface area contributed by atoms with Gasteiger partial charge in [0.25, 0.3) is 0 Å². The lowest BCUT2D eigenvalue weighted by Gasteiger charge is -2.14. The van der Waals surface area contributed by atoms with E-state index in [2.05, 4.69) is 4.98 Å². The van der Waals surface area contributed by atoms with Crippen LogP contribution in [0.25, 0.3) is 10.8 Å². The number of nitrogens with zero attached hydrogens (tertiary/aromatic N) is 1. The van der Waals surface area contributed by atoms with Crippen LogP contribution in [0.5, 0.6) is 0 Å². The van der Waals surface area contributed by atoms with E-state index in [0.717, 1.165) is 10.8 Å². The molecular weight excluding hydrogens is 222 g/mol. The highest BCUT2D eigenvalue weighted by molar-refractivity contribution is 5.82. The van der Waals surface area contributed by atoms with E-state index in [4.69, 9.17) is 5.11 Å².